The molecule has 2 rings (SSSR count). The molecule has 1 spiro atoms. The molecular formula is C7H14N2O. The van der Waals surface area contributed by atoms with E-state index in [0.717, 1.165) is 32.8 Å². The summed E-state index contributed by atoms with van der Waals surface area (Å²) in [4.78, 5) is 0. The normalized spacial score (nSPS) is 40.8. The third kappa shape index (κ3) is 1.05. The minimum Gasteiger partial charge on any atom is -0.378 e. The number of morpholine rings is 1. The van der Waals surface area contributed by atoms with E-state index < -0.39 is 0 Å². The Balaban J connectivity index is 1.98. The zero-order valence-electron chi connectivity index (χ0n) is 6.15. The average molecular weight is 142 g/mol. The first-order chi connectivity index (χ1) is 4.91. The van der Waals surface area contributed by atoms with Crippen LogP contribution in [0.15, 0.2) is 0 Å². The molecule has 2 N–H and O–H groups in total. The van der Waals surface area contributed by atoms with E-state index in [-0.39, 0.29) is 5.54 Å². The fourth-order valence-corrected chi connectivity index (χ4v) is 1.72. The molecule has 0 bridgehead atoms. The smallest absolute Gasteiger partial charge is 0.0661 e. The lowest BCUT2D eigenvalue weighted by Gasteiger charge is -2.33. The summed E-state index contributed by atoms with van der Waals surface area (Å²) in [6, 6.07) is 0. The molecule has 2 heterocycles. The summed E-state index contributed by atoms with van der Waals surface area (Å²) in [6.45, 7) is 4.99. The Kier molecular flexibility index (Phi) is 1.64. The lowest BCUT2D eigenvalue weighted by molar-refractivity contribution is 0.0361. The largest absolute Gasteiger partial charge is 0.378 e. The maximum Gasteiger partial charge on any atom is 0.0661 e. The van der Waals surface area contributed by atoms with E-state index in [2.05, 4.69) is 10.6 Å². The molecule has 2 aliphatic rings. The van der Waals surface area contributed by atoms with Gasteiger partial charge in [-0.25, -0.2) is 0 Å². The van der Waals surface area contributed by atoms with Gasteiger partial charge >= 0.3 is 0 Å². The Morgan fingerprint density at radius 2 is 2.30 bits per heavy atom. The first kappa shape index (κ1) is 6.58. The summed E-state index contributed by atoms with van der Waals surface area (Å²) in [6.07, 6.45) is 1.22. The second kappa shape index (κ2) is 2.49. The molecule has 0 saturated carbocycles. The summed E-state index contributed by atoms with van der Waals surface area (Å²) in [5.74, 6) is 0. The van der Waals surface area contributed by atoms with E-state index in [0.29, 0.717) is 0 Å². The van der Waals surface area contributed by atoms with Crippen molar-refractivity contribution in [3.8, 4) is 0 Å². The third-order valence-corrected chi connectivity index (χ3v) is 2.37. The van der Waals surface area contributed by atoms with Crippen LogP contribution < -0.4 is 10.6 Å². The molecule has 2 aliphatic heterocycles. The first-order valence-corrected chi connectivity index (χ1v) is 3.95. The van der Waals surface area contributed by atoms with Crippen molar-refractivity contribution in [3.63, 3.8) is 0 Å². The summed E-state index contributed by atoms with van der Waals surface area (Å²) in [7, 11) is 0. The van der Waals surface area contributed by atoms with Crippen LogP contribution in [0.2, 0.25) is 0 Å². The van der Waals surface area contributed by atoms with Gasteiger partial charge in [0.1, 0.15) is 0 Å². The summed E-state index contributed by atoms with van der Waals surface area (Å²) in [5.41, 5.74) is 0.290. The van der Waals surface area contributed by atoms with Gasteiger partial charge in [-0.3, -0.25) is 0 Å². The van der Waals surface area contributed by atoms with Gasteiger partial charge in [-0.05, 0) is 13.0 Å². The van der Waals surface area contributed by atoms with Crippen LogP contribution in [-0.2, 0) is 4.74 Å². The summed E-state index contributed by atoms with van der Waals surface area (Å²) < 4.78 is 5.40. The third-order valence-electron chi connectivity index (χ3n) is 2.37. The minimum atomic E-state index is 0.290. The van der Waals surface area contributed by atoms with Gasteiger partial charge in [-0.15, -0.1) is 0 Å². The van der Waals surface area contributed by atoms with Gasteiger partial charge in [0.05, 0.1) is 18.8 Å². The van der Waals surface area contributed by atoms with Gasteiger partial charge < -0.3 is 15.4 Å². The molecule has 3 nitrogen and oxygen atoms in total. The molecule has 10 heavy (non-hydrogen) atoms. The van der Waals surface area contributed by atoms with E-state index in [4.69, 9.17) is 4.74 Å². The Morgan fingerprint density at radius 3 is 2.90 bits per heavy atom. The molecule has 0 aromatic rings. The topological polar surface area (TPSA) is 33.3 Å². The Morgan fingerprint density at radius 1 is 1.30 bits per heavy atom. The zero-order valence-corrected chi connectivity index (χ0v) is 6.15. The number of rotatable bonds is 0. The van der Waals surface area contributed by atoms with Crippen molar-refractivity contribution in [2.75, 3.05) is 32.8 Å². The minimum absolute atomic E-state index is 0.290. The number of hydrogen-bond donors (Lipinski definition) is 2. The van der Waals surface area contributed by atoms with E-state index in [1.54, 1.807) is 0 Å². The molecule has 1 atom stereocenters. The second-order valence-electron chi connectivity index (χ2n) is 3.19. The molecule has 0 aliphatic carbocycles. The number of ether oxygens (including phenoxy) is 1. The first-order valence-electron chi connectivity index (χ1n) is 3.95. The Hall–Kier alpha value is -0.120. The molecular weight excluding hydrogens is 128 g/mol. The van der Waals surface area contributed by atoms with Gasteiger partial charge in [0.2, 0.25) is 0 Å². The lowest BCUT2D eigenvalue weighted by Crippen LogP contribution is -2.55. The molecule has 0 radical (unpaired) electrons. The van der Waals surface area contributed by atoms with E-state index in [1.165, 1.54) is 6.42 Å². The SMILES string of the molecule is C1C[C@]2(CN1)COCCN2. The van der Waals surface area contributed by atoms with Crippen LogP contribution in [0, 0.1) is 0 Å². The van der Waals surface area contributed by atoms with Gasteiger partial charge in [0.15, 0.2) is 0 Å². The predicted octanol–water partition coefficient (Wildman–Crippen LogP) is -0.662. The van der Waals surface area contributed by atoms with Crippen molar-refractivity contribution in [2.24, 2.45) is 0 Å². The molecule has 0 unspecified atom stereocenters. The highest BCUT2D eigenvalue weighted by Crippen LogP contribution is 2.16. The van der Waals surface area contributed by atoms with E-state index in [1.807, 2.05) is 0 Å². The number of hydrogen-bond acceptors (Lipinski definition) is 3. The quantitative estimate of drug-likeness (QED) is 0.471. The van der Waals surface area contributed by atoms with Crippen LogP contribution in [-0.4, -0.2) is 38.4 Å². The molecule has 2 fully saturated rings. The van der Waals surface area contributed by atoms with Crippen LogP contribution >= 0.6 is 0 Å². The molecule has 2 saturated heterocycles. The Labute approximate surface area is 61.1 Å². The maximum atomic E-state index is 5.40. The van der Waals surface area contributed by atoms with Crippen LogP contribution in [0.25, 0.3) is 0 Å². The molecule has 3 heteroatoms. The maximum absolute atomic E-state index is 5.40. The van der Waals surface area contributed by atoms with Crippen molar-refractivity contribution in [2.45, 2.75) is 12.0 Å². The van der Waals surface area contributed by atoms with Crippen molar-refractivity contribution in [3.05, 3.63) is 0 Å². The molecule has 0 aromatic carbocycles. The zero-order chi connectivity index (χ0) is 6.86. The summed E-state index contributed by atoms with van der Waals surface area (Å²) >= 11 is 0. The molecule has 0 aromatic heterocycles. The second-order valence-corrected chi connectivity index (χ2v) is 3.19. The fraction of sp³-hybridized carbons (Fsp3) is 1.00. The van der Waals surface area contributed by atoms with Gasteiger partial charge in [-0.1, -0.05) is 0 Å². The number of nitrogens with one attached hydrogen (secondary N) is 2. The van der Waals surface area contributed by atoms with E-state index in [9.17, 15) is 0 Å². The lowest BCUT2D eigenvalue weighted by atomic mass is 9.99. The standard InChI is InChI=1S/C7H14N2O/c1-2-8-5-7(1)6-10-4-3-9-7/h8-9H,1-6H2/t7-/m0/s1. The van der Waals surface area contributed by atoms with Crippen molar-refractivity contribution >= 4 is 0 Å². The Bertz CT molecular complexity index is 113. The predicted molar refractivity (Wildman–Crippen MR) is 39.0 cm³/mol. The van der Waals surface area contributed by atoms with Crippen molar-refractivity contribution < 1.29 is 4.74 Å². The van der Waals surface area contributed by atoms with Crippen LogP contribution in [0.1, 0.15) is 6.42 Å². The highest BCUT2D eigenvalue weighted by Gasteiger charge is 2.35. The van der Waals surface area contributed by atoms with Crippen molar-refractivity contribution in [1.29, 1.82) is 0 Å². The van der Waals surface area contributed by atoms with Gasteiger partial charge in [0, 0.05) is 13.1 Å². The molecule has 58 valence electrons. The van der Waals surface area contributed by atoms with Gasteiger partial charge in [0.25, 0.3) is 0 Å². The van der Waals surface area contributed by atoms with Crippen LogP contribution in [0.5, 0.6) is 0 Å². The van der Waals surface area contributed by atoms with Gasteiger partial charge in [-0.2, -0.15) is 0 Å². The molecule has 0 amide bonds. The van der Waals surface area contributed by atoms with E-state index >= 15 is 0 Å². The highest BCUT2D eigenvalue weighted by molar-refractivity contribution is 4.97. The van der Waals surface area contributed by atoms with Crippen LogP contribution in [0.3, 0.4) is 0 Å². The summed E-state index contributed by atoms with van der Waals surface area (Å²) in [5, 5.41) is 6.85. The highest BCUT2D eigenvalue weighted by atomic mass is 16.5. The fourth-order valence-electron chi connectivity index (χ4n) is 1.72. The van der Waals surface area contributed by atoms with Crippen molar-refractivity contribution in [1.82, 2.24) is 10.6 Å². The average Bonchev–Trinajstić information content (AvgIpc) is 2.39. The monoisotopic (exact) mass is 142 g/mol. The van der Waals surface area contributed by atoms with Crippen LogP contribution in [0.4, 0.5) is 0 Å².